The van der Waals surface area contributed by atoms with Crippen LogP contribution < -0.4 is 0 Å². The predicted molar refractivity (Wildman–Crippen MR) is 58.4 cm³/mol. The molecule has 0 spiro atoms. The summed E-state index contributed by atoms with van der Waals surface area (Å²) in [6.07, 6.45) is 2.97. The number of halogens is 1. The summed E-state index contributed by atoms with van der Waals surface area (Å²) in [6, 6.07) is 1.61. The van der Waals surface area contributed by atoms with E-state index in [1.54, 1.807) is 0 Å². The fourth-order valence-electron chi connectivity index (χ4n) is 2.12. The average molecular weight is 252 g/mol. The quantitative estimate of drug-likeness (QED) is 0.386. The van der Waals surface area contributed by atoms with Gasteiger partial charge in [0.15, 0.2) is 5.75 Å². The summed E-state index contributed by atoms with van der Waals surface area (Å²) in [7, 11) is 0. The van der Waals surface area contributed by atoms with Crippen molar-refractivity contribution in [2.75, 3.05) is 0 Å². The Morgan fingerprint density at radius 3 is 2.61 bits per heavy atom. The number of isocyanates is 1. The van der Waals surface area contributed by atoms with Gasteiger partial charge in [0, 0.05) is 5.56 Å². The zero-order valence-electron chi connectivity index (χ0n) is 9.22. The summed E-state index contributed by atoms with van der Waals surface area (Å²) in [5.41, 5.74) is -1.82. The smallest absolute Gasteiger partial charge is 0.314 e. The molecule has 1 saturated carbocycles. The molecule has 1 fully saturated rings. The number of nitrogens with zero attached hydrogens (tertiary/aromatic N) is 2. The van der Waals surface area contributed by atoms with Crippen LogP contribution in [0, 0.1) is 15.9 Å². The number of hydrogen-bond acceptors (Lipinski definition) is 5. The molecule has 94 valence electrons. The van der Waals surface area contributed by atoms with Crippen molar-refractivity contribution in [2.45, 2.75) is 24.8 Å². The molecule has 1 aromatic rings. The maximum absolute atomic E-state index is 13.3. The van der Waals surface area contributed by atoms with E-state index < -0.39 is 27.7 Å². The van der Waals surface area contributed by atoms with Crippen LogP contribution in [0.5, 0.6) is 5.75 Å². The molecule has 0 saturated heterocycles. The summed E-state index contributed by atoms with van der Waals surface area (Å²) in [4.78, 5) is 23.8. The van der Waals surface area contributed by atoms with Gasteiger partial charge in [0.05, 0.1) is 11.0 Å². The molecule has 0 aliphatic heterocycles. The third-order valence-electron chi connectivity index (χ3n) is 3.19. The number of hydrogen-bond donors (Lipinski definition) is 1. The molecule has 0 aromatic heterocycles. The van der Waals surface area contributed by atoms with E-state index in [-0.39, 0.29) is 5.56 Å². The minimum Gasteiger partial charge on any atom is -0.502 e. The van der Waals surface area contributed by atoms with Crippen LogP contribution in [0.1, 0.15) is 24.8 Å². The highest BCUT2D eigenvalue weighted by atomic mass is 19.1. The second kappa shape index (κ2) is 4.19. The van der Waals surface area contributed by atoms with Crippen molar-refractivity contribution in [2.24, 2.45) is 4.99 Å². The Bertz CT molecular complexity index is 562. The fraction of sp³-hybridized carbons (Fsp3) is 0.364. The predicted octanol–water partition coefficient (Wildman–Crippen LogP) is 2.15. The van der Waals surface area contributed by atoms with Crippen molar-refractivity contribution in [1.29, 1.82) is 0 Å². The van der Waals surface area contributed by atoms with Crippen LogP contribution >= 0.6 is 0 Å². The van der Waals surface area contributed by atoms with Gasteiger partial charge in [-0.05, 0) is 25.3 Å². The average Bonchev–Trinajstić information content (AvgIpc) is 2.26. The molecule has 0 heterocycles. The van der Waals surface area contributed by atoms with Crippen molar-refractivity contribution in [3.63, 3.8) is 0 Å². The molecule has 18 heavy (non-hydrogen) atoms. The maximum atomic E-state index is 13.3. The summed E-state index contributed by atoms with van der Waals surface area (Å²) in [5.74, 6) is -1.48. The lowest BCUT2D eigenvalue weighted by Gasteiger charge is -2.37. The number of phenolic OH excluding ortho intramolecular Hbond substituents is 1. The SMILES string of the molecule is O=C=NC1(c2cc(F)cc([N+](=O)[O-])c2O)CCC1. The molecule has 0 amide bonds. The minimum absolute atomic E-state index is 0.0243. The van der Waals surface area contributed by atoms with E-state index in [0.717, 1.165) is 12.5 Å². The molecule has 6 nitrogen and oxygen atoms in total. The topological polar surface area (TPSA) is 92.8 Å². The van der Waals surface area contributed by atoms with Crippen molar-refractivity contribution in [1.82, 2.24) is 0 Å². The number of rotatable bonds is 3. The van der Waals surface area contributed by atoms with Crippen LogP contribution in [0.3, 0.4) is 0 Å². The molecular weight excluding hydrogens is 243 g/mol. The summed E-state index contributed by atoms with van der Waals surface area (Å²) >= 11 is 0. The zero-order chi connectivity index (χ0) is 13.3. The largest absolute Gasteiger partial charge is 0.502 e. The Balaban J connectivity index is 2.64. The number of aliphatic imine (C=N–C) groups is 1. The first-order valence-electron chi connectivity index (χ1n) is 5.26. The Labute approximate surface area is 101 Å². The third-order valence-corrected chi connectivity index (χ3v) is 3.19. The molecule has 1 N–H and O–H groups in total. The second-order valence-corrected chi connectivity index (χ2v) is 4.17. The Morgan fingerprint density at radius 2 is 2.17 bits per heavy atom. The van der Waals surface area contributed by atoms with E-state index in [4.69, 9.17) is 0 Å². The molecular formula is C11H9FN2O4. The molecule has 0 unspecified atom stereocenters. The molecule has 0 bridgehead atoms. The van der Waals surface area contributed by atoms with Crippen LogP contribution in [0.4, 0.5) is 10.1 Å². The van der Waals surface area contributed by atoms with Crippen molar-refractivity contribution in [3.8, 4) is 5.75 Å². The normalized spacial score (nSPS) is 16.5. The van der Waals surface area contributed by atoms with Gasteiger partial charge in [0.25, 0.3) is 0 Å². The molecule has 1 aromatic carbocycles. The van der Waals surface area contributed by atoms with Gasteiger partial charge in [0.1, 0.15) is 11.4 Å². The minimum atomic E-state index is -1.07. The molecule has 0 radical (unpaired) electrons. The van der Waals surface area contributed by atoms with Crippen molar-refractivity contribution >= 4 is 11.8 Å². The first-order chi connectivity index (χ1) is 8.50. The van der Waals surface area contributed by atoms with Gasteiger partial charge in [-0.25, -0.2) is 9.18 Å². The maximum Gasteiger partial charge on any atom is 0.314 e. The summed E-state index contributed by atoms with van der Waals surface area (Å²) in [5, 5.41) is 20.5. The van der Waals surface area contributed by atoms with Gasteiger partial charge in [-0.2, -0.15) is 4.99 Å². The lowest BCUT2D eigenvalue weighted by molar-refractivity contribution is -0.386. The summed E-state index contributed by atoms with van der Waals surface area (Å²) in [6.45, 7) is 0. The Morgan fingerprint density at radius 1 is 1.50 bits per heavy atom. The first kappa shape index (κ1) is 12.2. The van der Waals surface area contributed by atoms with Gasteiger partial charge in [-0.1, -0.05) is 0 Å². The van der Waals surface area contributed by atoms with Crippen molar-refractivity contribution in [3.05, 3.63) is 33.6 Å². The second-order valence-electron chi connectivity index (χ2n) is 4.17. The van der Waals surface area contributed by atoms with E-state index in [1.807, 2.05) is 0 Å². The van der Waals surface area contributed by atoms with Crippen LogP contribution in [0.15, 0.2) is 17.1 Å². The lowest BCUT2D eigenvalue weighted by Crippen LogP contribution is -2.32. The van der Waals surface area contributed by atoms with E-state index >= 15 is 0 Å². The number of benzene rings is 1. The van der Waals surface area contributed by atoms with E-state index in [0.29, 0.717) is 18.9 Å². The number of phenols is 1. The number of nitro benzene ring substituents is 1. The van der Waals surface area contributed by atoms with Gasteiger partial charge >= 0.3 is 5.69 Å². The molecule has 7 heteroatoms. The third kappa shape index (κ3) is 1.74. The highest BCUT2D eigenvalue weighted by Gasteiger charge is 2.43. The number of carbonyl (C=O) groups excluding carboxylic acids is 1. The molecule has 0 atom stereocenters. The lowest BCUT2D eigenvalue weighted by atomic mass is 9.72. The van der Waals surface area contributed by atoms with E-state index in [2.05, 4.69) is 4.99 Å². The Hall–Kier alpha value is -2.27. The molecule has 2 rings (SSSR count). The van der Waals surface area contributed by atoms with Crippen LogP contribution in [0.2, 0.25) is 0 Å². The molecule has 1 aliphatic rings. The first-order valence-corrected chi connectivity index (χ1v) is 5.26. The van der Waals surface area contributed by atoms with Gasteiger partial charge in [-0.3, -0.25) is 10.1 Å². The highest BCUT2D eigenvalue weighted by Crippen LogP contribution is 2.50. The van der Waals surface area contributed by atoms with Gasteiger partial charge in [-0.15, -0.1) is 0 Å². The van der Waals surface area contributed by atoms with E-state index in [1.165, 1.54) is 6.08 Å². The van der Waals surface area contributed by atoms with Crippen LogP contribution in [-0.2, 0) is 10.3 Å². The van der Waals surface area contributed by atoms with Crippen LogP contribution in [0.25, 0.3) is 0 Å². The molecule has 1 aliphatic carbocycles. The Kier molecular flexibility index (Phi) is 2.84. The summed E-state index contributed by atoms with van der Waals surface area (Å²) < 4.78 is 13.3. The van der Waals surface area contributed by atoms with Crippen LogP contribution in [-0.4, -0.2) is 16.1 Å². The number of nitro groups is 1. The highest BCUT2D eigenvalue weighted by molar-refractivity contribution is 5.55. The monoisotopic (exact) mass is 252 g/mol. The van der Waals surface area contributed by atoms with Gasteiger partial charge in [0.2, 0.25) is 6.08 Å². The van der Waals surface area contributed by atoms with E-state index in [9.17, 15) is 24.4 Å². The standard InChI is InChI=1S/C11H9FN2O4/c12-7-4-8(10(16)9(5-7)14(17)18)11(13-6-15)2-1-3-11/h4-5,16H,1-3H2. The zero-order valence-corrected chi connectivity index (χ0v) is 9.22. The van der Waals surface area contributed by atoms with Gasteiger partial charge < -0.3 is 5.11 Å². The fourth-order valence-corrected chi connectivity index (χ4v) is 2.12. The number of aromatic hydroxyl groups is 1. The van der Waals surface area contributed by atoms with Crippen molar-refractivity contribution < 1.29 is 19.2 Å².